The number of carbonyl (C=O) groups excluding carboxylic acids is 2. The molecule has 128 valence electrons. The van der Waals surface area contributed by atoms with Crippen LogP contribution in [-0.2, 0) is 4.79 Å². The van der Waals surface area contributed by atoms with Crippen molar-refractivity contribution in [2.75, 3.05) is 19.7 Å². The first kappa shape index (κ1) is 18.0. The number of amides is 2. The van der Waals surface area contributed by atoms with Gasteiger partial charge in [-0.25, -0.2) is 0 Å². The van der Waals surface area contributed by atoms with E-state index in [4.69, 9.17) is 4.74 Å². The lowest BCUT2D eigenvalue weighted by atomic mass is 10.2. The minimum Gasteiger partial charge on any atom is -0.492 e. The van der Waals surface area contributed by atoms with Crippen LogP contribution in [0.2, 0.25) is 0 Å². The van der Waals surface area contributed by atoms with Crippen LogP contribution in [0.1, 0.15) is 28.1 Å². The molecule has 5 nitrogen and oxygen atoms in total. The number of thiophene rings is 1. The number of hydrogen-bond donors (Lipinski definition) is 2. The molecule has 2 aromatic rings. The summed E-state index contributed by atoms with van der Waals surface area (Å²) < 4.78 is 5.54. The molecule has 1 aromatic carbocycles. The van der Waals surface area contributed by atoms with E-state index in [9.17, 15) is 9.59 Å². The lowest BCUT2D eigenvalue weighted by Gasteiger charge is -2.08. The van der Waals surface area contributed by atoms with E-state index >= 15 is 0 Å². The number of aryl methyl sites for hydroxylation is 1. The largest absolute Gasteiger partial charge is 0.492 e. The first-order chi connectivity index (χ1) is 11.6. The zero-order valence-electron chi connectivity index (χ0n) is 13.7. The smallest absolute Gasteiger partial charge is 0.261 e. The average Bonchev–Trinajstić information content (AvgIpc) is 3.12. The van der Waals surface area contributed by atoms with E-state index in [1.165, 1.54) is 16.9 Å². The molecule has 0 aliphatic heterocycles. The molecular weight excluding hydrogens is 324 g/mol. The third-order valence-electron chi connectivity index (χ3n) is 3.33. The van der Waals surface area contributed by atoms with E-state index in [1.54, 1.807) is 6.07 Å². The Bertz CT molecular complexity index is 639. The van der Waals surface area contributed by atoms with Crippen LogP contribution >= 0.6 is 11.3 Å². The molecule has 0 aliphatic rings. The van der Waals surface area contributed by atoms with Crippen LogP contribution in [0.4, 0.5) is 0 Å². The maximum absolute atomic E-state index is 11.7. The van der Waals surface area contributed by atoms with Gasteiger partial charge in [0, 0.05) is 13.0 Å². The molecule has 24 heavy (non-hydrogen) atoms. The number of carbonyl (C=O) groups is 2. The van der Waals surface area contributed by atoms with Crippen molar-refractivity contribution in [1.29, 1.82) is 0 Å². The highest BCUT2D eigenvalue weighted by Gasteiger charge is 2.06. The third kappa shape index (κ3) is 6.42. The van der Waals surface area contributed by atoms with Crippen molar-refractivity contribution in [1.82, 2.24) is 10.6 Å². The van der Waals surface area contributed by atoms with Crippen LogP contribution in [0.25, 0.3) is 0 Å². The van der Waals surface area contributed by atoms with Crippen molar-refractivity contribution in [3.63, 3.8) is 0 Å². The van der Waals surface area contributed by atoms with Gasteiger partial charge in [0.05, 0.1) is 11.4 Å². The number of ether oxygens (including phenoxy) is 1. The molecule has 0 bridgehead atoms. The minimum absolute atomic E-state index is 0.0344. The molecule has 2 N–H and O–H groups in total. The quantitative estimate of drug-likeness (QED) is 0.686. The monoisotopic (exact) mass is 346 g/mol. The number of rotatable bonds is 9. The van der Waals surface area contributed by atoms with Gasteiger partial charge in [0.15, 0.2) is 0 Å². The highest BCUT2D eigenvalue weighted by Crippen LogP contribution is 2.10. The maximum atomic E-state index is 11.7. The van der Waals surface area contributed by atoms with Gasteiger partial charge in [-0.05, 0) is 36.9 Å². The molecule has 1 heterocycles. The van der Waals surface area contributed by atoms with Crippen molar-refractivity contribution in [3.8, 4) is 5.75 Å². The van der Waals surface area contributed by atoms with Gasteiger partial charge in [-0.15, -0.1) is 11.3 Å². The van der Waals surface area contributed by atoms with Gasteiger partial charge in [-0.2, -0.15) is 0 Å². The molecule has 0 spiro atoms. The molecule has 0 radical (unpaired) electrons. The lowest BCUT2D eigenvalue weighted by molar-refractivity contribution is -0.121. The standard InChI is InChI=1S/C18H22N2O3S/c1-14-6-8-15(9-7-14)23-12-11-19-17(21)5-2-10-20-18(22)16-4-3-13-24-16/h3-4,6-9,13H,2,5,10-12H2,1H3,(H,19,21)(H,20,22). The van der Waals surface area contributed by atoms with E-state index in [-0.39, 0.29) is 11.8 Å². The summed E-state index contributed by atoms with van der Waals surface area (Å²) in [6, 6.07) is 11.4. The highest BCUT2D eigenvalue weighted by molar-refractivity contribution is 7.12. The molecule has 2 amide bonds. The Balaban J connectivity index is 1.50. The van der Waals surface area contributed by atoms with Gasteiger partial charge in [0.1, 0.15) is 12.4 Å². The van der Waals surface area contributed by atoms with Gasteiger partial charge >= 0.3 is 0 Å². The fourth-order valence-corrected chi connectivity index (χ4v) is 2.67. The lowest BCUT2D eigenvalue weighted by Crippen LogP contribution is -2.29. The van der Waals surface area contributed by atoms with Gasteiger partial charge in [0.2, 0.25) is 5.91 Å². The molecule has 1 aromatic heterocycles. The van der Waals surface area contributed by atoms with Gasteiger partial charge < -0.3 is 15.4 Å². The number of hydrogen-bond acceptors (Lipinski definition) is 4. The van der Waals surface area contributed by atoms with Crippen molar-refractivity contribution in [2.24, 2.45) is 0 Å². The van der Waals surface area contributed by atoms with Crippen molar-refractivity contribution in [2.45, 2.75) is 19.8 Å². The number of benzene rings is 1. The highest BCUT2D eigenvalue weighted by atomic mass is 32.1. The topological polar surface area (TPSA) is 67.4 Å². The van der Waals surface area contributed by atoms with Gasteiger partial charge in [-0.3, -0.25) is 9.59 Å². The fraction of sp³-hybridized carbons (Fsp3) is 0.333. The summed E-state index contributed by atoms with van der Waals surface area (Å²) in [4.78, 5) is 24.1. The first-order valence-corrected chi connectivity index (χ1v) is 8.81. The summed E-state index contributed by atoms with van der Waals surface area (Å²) in [6.45, 7) is 3.41. The maximum Gasteiger partial charge on any atom is 0.261 e. The molecule has 2 rings (SSSR count). The van der Waals surface area contributed by atoms with Crippen molar-refractivity contribution in [3.05, 3.63) is 52.2 Å². The normalized spacial score (nSPS) is 10.2. The van der Waals surface area contributed by atoms with E-state index in [0.29, 0.717) is 37.4 Å². The van der Waals surface area contributed by atoms with Gasteiger partial charge in [-0.1, -0.05) is 23.8 Å². The number of nitrogens with one attached hydrogen (secondary N) is 2. The summed E-state index contributed by atoms with van der Waals surface area (Å²) in [5, 5.41) is 7.47. The van der Waals surface area contributed by atoms with E-state index < -0.39 is 0 Å². The average molecular weight is 346 g/mol. The molecule has 6 heteroatoms. The van der Waals surface area contributed by atoms with Crippen molar-refractivity contribution >= 4 is 23.2 Å². The zero-order chi connectivity index (χ0) is 17.2. The van der Waals surface area contributed by atoms with Crippen LogP contribution < -0.4 is 15.4 Å². The van der Waals surface area contributed by atoms with E-state index in [0.717, 1.165) is 5.75 Å². The second-order valence-electron chi connectivity index (χ2n) is 5.35. The SMILES string of the molecule is Cc1ccc(OCCNC(=O)CCCNC(=O)c2cccs2)cc1. The molecule has 0 atom stereocenters. The van der Waals surface area contributed by atoms with Gasteiger partial charge in [0.25, 0.3) is 5.91 Å². The predicted molar refractivity (Wildman–Crippen MR) is 95.6 cm³/mol. The summed E-state index contributed by atoms with van der Waals surface area (Å²) in [6.07, 6.45) is 0.997. The van der Waals surface area contributed by atoms with Crippen LogP contribution in [0.15, 0.2) is 41.8 Å². The Morgan fingerprint density at radius 1 is 1.08 bits per heavy atom. The molecule has 0 saturated carbocycles. The first-order valence-electron chi connectivity index (χ1n) is 7.93. The minimum atomic E-state index is -0.0862. The van der Waals surface area contributed by atoms with Crippen LogP contribution in [-0.4, -0.2) is 31.5 Å². The van der Waals surface area contributed by atoms with Crippen LogP contribution in [0.3, 0.4) is 0 Å². The molecular formula is C18H22N2O3S. The fourth-order valence-electron chi connectivity index (χ4n) is 2.03. The second-order valence-corrected chi connectivity index (χ2v) is 6.30. The zero-order valence-corrected chi connectivity index (χ0v) is 14.5. The molecule has 0 saturated heterocycles. The Kier molecular flexibility index (Phi) is 7.29. The molecule has 0 aliphatic carbocycles. The van der Waals surface area contributed by atoms with E-state index in [2.05, 4.69) is 10.6 Å². The Morgan fingerprint density at radius 2 is 1.88 bits per heavy atom. The Morgan fingerprint density at radius 3 is 2.58 bits per heavy atom. The van der Waals surface area contributed by atoms with E-state index in [1.807, 2.05) is 42.6 Å². The molecule has 0 fully saturated rings. The Labute approximate surface area is 146 Å². The third-order valence-corrected chi connectivity index (χ3v) is 4.19. The van der Waals surface area contributed by atoms with Crippen molar-refractivity contribution < 1.29 is 14.3 Å². The predicted octanol–water partition coefficient (Wildman–Crippen LogP) is 2.76. The summed E-state index contributed by atoms with van der Waals surface area (Å²) in [5.41, 5.74) is 1.18. The van der Waals surface area contributed by atoms with Crippen LogP contribution in [0, 0.1) is 6.92 Å². The summed E-state index contributed by atoms with van der Waals surface area (Å²) in [7, 11) is 0. The second kappa shape index (κ2) is 9.72. The van der Waals surface area contributed by atoms with Crippen LogP contribution in [0.5, 0.6) is 5.75 Å². The molecule has 0 unspecified atom stereocenters. The summed E-state index contributed by atoms with van der Waals surface area (Å²) >= 11 is 1.40. The summed E-state index contributed by atoms with van der Waals surface area (Å²) in [5.74, 6) is 0.677. The Hall–Kier alpha value is -2.34.